The minimum Gasteiger partial charge on any atom is -0.402 e. The Hall–Kier alpha value is -1.32. The van der Waals surface area contributed by atoms with Crippen LogP contribution in [0.3, 0.4) is 0 Å². The van der Waals surface area contributed by atoms with E-state index < -0.39 is 6.80 Å². The Balaban J connectivity index is 3.89. The van der Waals surface area contributed by atoms with Crippen LogP contribution in [0.2, 0.25) is 0 Å². The maximum Gasteiger partial charge on any atom is 0.215 e. The molecule has 0 aliphatic heterocycles. The van der Waals surface area contributed by atoms with Crippen LogP contribution in [0.25, 0.3) is 0 Å². The lowest BCUT2D eigenvalue weighted by Gasteiger charge is -2.02. The molecule has 3 nitrogen and oxygen atoms in total. The second-order valence-electron chi connectivity index (χ2n) is 1.99. The predicted molar refractivity (Wildman–Crippen MR) is 41.0 cm³/mol. The lowest BCUT2D eigenvalue weighted by molar-refractivity contribution is -0.117. The molecule has 0 aliphatic carbocycles. The number of nitrogens with two attached hydrogens (primary N) is 1. The normalized spacial score (nSPS) is 12.0. The molecule has 0 fully saturated rings. The molecule has 0 saturated carbocycles. The quantitative estimate of drug-likeness (QED) is 0.373. The number of carbonyl (C=O) groups excluding carboxylic acids is 1. The fourth-order valence-corrected chi connectivity index (χ4v) is 0.409. The van der Waals surface area contributed by atoms with Gasteiger partial charge < -0.3 is 5.73 Å². The summed E-state index contributed by atoms with van der Waals surface area (Å²) in [6.45, 7) is 0.877. The summed E-state index contributed by atoms with van der Waals surface area (Å²) in [6, 6.07) is 0. The van der Waals surface area contributed by atoms with E-state index in [4.69, 9.17) is 5.73 Å². The summed E-state index contributed by atoms with van der Waals surface area (Å²) in [4.78, 5) is 10.9. The van der Waals surface area contributed by atoms with Crippen LogP contribution >= 0.6 is 0 Å². The largest absolute Gasteiger partial charge is 0.402 e. The maximum absolute atomic E-state index is 11.8. The molecular formula is C7H11FN2O. The topological polar surface area (TPSA) is 46.3 Å². The number of hydrogen-bond donors (Lipinski definition) is 1. The van der Waals surface area contributed by atoms with Crippen LogP contribution in [0.5, 0.6) is 0 Å². The average Bonchev–Trinajstić information content (AvgIpc) is 1.98. The lowest BCUT2D eigenvalue weighted by atomic mass is 10.4. The van der Waals surface area contributed by atoms with Crippen molar-refractivity contribution in [3.05, 3.63) is 24.0 Å². The fourth-order valence-electron chi connectivity index (χ4n) is 0.409. The van der Waals surface area contributed by atoms with E-state index in [0.29, 0.717) is 12.1 Å². The van der Waals surface area contributed by atoms with Crippen molar-refractivity contribution in [2.75, 3.05) is 6.80 Å². The summed E-state index contributed by atoms with van der Waals surface area (Å²) in [5.41, 5.74) is 5.87. The molecule has 2 N–H and O–H groups in total. The van der Waals surface area contributed by atoms with E-state index >= 15 is 0 Å². The molecule has 0 bridgehead atoms. The van der Waals surface area contributed by atoms with E-state index in [1.165, 1.54) is 12.3 Å². The molecule has 0 aromatic heterocycles. The van der Waals surface area contributed by atoms with Crippen LogP contribution in [-0.2, 0) is 4.79 Å². The third-order valence-electron chi connectivity index (χ3n) is 0.910. The summed E-state index contributed by atoms with van der Waals surface area (Å²) in [5, 5.41) is 0. The molecule has 0 saturated heterocycles. The first-order valence-electron chi connectivity index (χ1n) is 3.08. The van der Waals surface area contributed by atoms with Gasteiger partial charge in [0, 0.05) is 11.9 Å². The molecule has 0 aliphatic rings. The Kier molecular flexibility index (Phi) is 4.81. The van der Waals surface area contributed by atoms with Crippen LogP contribution in [0.4, 0.5) is 4.39 Å². The van der Waals surface area contributed by atoms with Gasteiger partial charge in [0.25, 0.3) is 0 Å². The van der Waals surface area contributed by atoms with E-state index in [1.54, 1.807) is 13.0 Å². The van der Waals surface area contributed by atoms with Crippen LogP contribution < -0.4 is 5.73 Å². The first-order chi connectivity index (χ1) is 5.20. The van der Waals surface area contributed by atoms with Crippen molar-refractivity contribution in [1.82, 2.24) is 4.90 Å². The van der Waals surface area contributed by atoms with Gasteiger partial charge in [-0.15, -0.1) is 0 Å². The highest BCUT2D eigenvalue weighted by molar-refractivity contribution is 5.48. The standard InChI is InChI=1S/C7H11FN2O/c1-7(9)3-2-4-10(5-8)6-11/h2-4,6H,5,9H2,1H3/b4-2-,7-3+. The van der Waals surface area contributed by atoms with Gasteiger partial charge in [-0.2, -0.15) is 0 Å². The van der Waals surface area contributed by atoms with E-state index in [0.717, 1.165) is 4.90 Å². The number of rotatable bonds is 4. The third-order valence-corrected chi connectivity index (χ3v) is 0.910. The summed E-state index contributed by atoms with van der Waals surface area (Å²) < 4.78 is 11.8. The van der Waals surface area contributed by atoms with E-state index in [1.807, 2.05) is 0 Å². The van der Waals surface area contributed by atoms with Crippen LogP contribution in [0, 0.1) is 0 Å². The Labute approximate surface area is 65.0 Å². The highest BCUT2D eigenvalue weighted by Gasteiger charge is 1.89. The number of nitrogens with zero attached hydrogens (tertiary/aromatic N) is 1. The summed E-state index contributed by atoms with van der Waals surface area (Å²) in [7, 11) is 0. The molecule has 0 aromatic carbocycles. The minimum atomic E-state index is -0.822. The zero-order chi connectivity index (χ0) is 8.69. The second-order valence-corrected chi connectivity index (χ2v) is 1.99. The molecule has 0 unspecified atom stereocenters. The molecule has 0 aromatic rings. The smallest absolute Gasteiger partial charge is 0.215 e. The van der Waals surface area contributed by atoms with Gasteiger partial charge in [0.1, 0.15) is 0 Å². The van der Waals surface area contributed by atoms with Crippen molar-refractivity contribution in [3.8, 4) is 0 Å². The zero-order valence-corrected chi connectivity index (χ0v) is 6.33. The van der Waals surface area contributed by atoms with Gasteiger partial charge in [0.2, 0.25) is 6.41 Å². The summed E-state index contributed by atoms with van der Waals surface area (Å²) in [5.74, 6) is 0. The molecule has 11 heavy (non-hydrogen) atoms. The van der Waals surface area contributed by atoms with Crippen molar-refractivity contribution in [3.63, 3.8) is 0 Å². The molecule has 4 heteroatoms. The van der Waals surface area contributed by atoms with Crippen molar-refractivity contribution in [1.29, 1.82) is 0 Å². The van der Waals surface area contributed by atoms with Crippen molar-refractivity contribution in [2.45, 2.75) is 6.92 Å². The summed E-state index contributed by atoms with van der Waals surface area (Å²) >= 11 is 0. The molecule has 0 atom stereocenters. The third kappa shape index (κ3) is 5.14. The number of amides is 1. The number of carbonyl (C=O) groups is 1. The van der Waals surface area contributed by atoms with Gasteiger partial charge in [-0.25, -0.2) is 4.39 Å². The number of allylic oxidation sites excluding steroid dienone is 3. The zero-order valence-electron chi connectivity index (χ0n) is 6.33. The summed E-state index contributed by atoms with van der Waals surface area (Å²) in [6.07, 6.45) is 4.79. The number of alkyl halides is 1. The SMILES string of the molecule is C/C(N)=C\C=C/N(C=O)CF. The van der Waals surface area contributed by atoms with Gasteiger partial charge in [-0.3, -0.25) is 9.69 Å². The Bertz CT molecular complexity index is 173. The Morgan fingerprint density at radius 3 is 2.73 bits per heavy atom. The van der Waals surface area contributed by atoms with Gasteiger partial charge >= 0.3 is 0 Å². The highest BCUT2D eigenvalue weighted by atomic mass is 19.1. The molecule has 0 radical (unpaired) electrons. The molecule has 0 spiro atoms. The van der Waals surface area contributed by atoms with Gasteiger partial charge in [-0.1, -0.05) is 0 Å². The minimum absolute atomic E-state index is 0.399. The molecule has 1 amide bonds. The molecular weight excluding hydrogens is 147 g/mol. The molecule has 0 rings (SSSR count). The second kappa shape index (κ2) is 5.46. The Morgan fingerprint density at radius 1 is 1.73 bits per heavy atom. The van der Waals surface area contributed by atoms with Crippen molar-refractivity contribution < 1.29 is 9.18 Å². The van der Waals surface area contributed by atoms with E-state index in [2.05, 4.69) is 0 Å². The van der Waals surface area contributed by atoms with Gasteiger partial charge in [-0.05, 0) is 19.1 Å². The van der Waals surface area contributed by atoms with Crippen molar-refractivity contribution >= 4 is 6.41 Å². The van der Waals surface area contributed by atoms with E-state index in [9.17, 15) is 9.18 Å². The maximum atomic E-state index is 11.8. The van der Waals surface area contributed by atoms with Gasteiger partial charge in [0.05, 0.1) is 0 Å². The van der Waals surface area contributed by atoms with Crippen LogP contribution in [-0.4, -0.2) is 18.1 Å². The predicted octanol–water partition coefficient (Wildman–Crippen LogP) is 0.748. The lowest BCUT2D eigenvalue weighted by Crippen LogP contribution is -2.11. The molecule has 62 valence electrons. The van der Waals surface area contributed by atoms with Crippen LogP contribution in [0.15, 0.2) is 24.0 Å². The van der Waals surface area contributed by atoms with Crippen molar-refractivity contribution in [2.24, 2.45) is 5.73 Å². The number of halogens is 1. The van der Waals surface area contributed by atoms with Crippen LogP contribution in [0.1, 0.15) is 6.92 Å². The first-order valence-corrected chi connectivity index (χ1v) is 3.08. The first kappa shape index (κ1) is 9.68. The average molecular weight is 158 g/mol. The Morgan fingerprint density at radius 2 is 2.36 bits per heavy atom. The van der Waals surface area contributed by atoms with E-state index in [-0.39, 0.29) is 0 Å². The highest BCUT2D eigenvalue weighted by Crippen LogP contribution is 1.87. The molecule has 0 heterocycles. The monoisotopic (exact) mass is 158 g/mol. The van der Waals surface area contributed by atoms with Gasteiger partial charge in [0.15, 0.2) is 6.80 Å². The number of hydrogen-bond acceptors (Lipinski definition) is 2. The fraction of sp³-hybridized carbons (Fsp3) is 0.286.